The molecule has 0 aliphatic rings. The number of hydrogen-bond acceptors (Lipinski definition) is 8. The molecule has 0 aliphatic heterocycles. The number of benzene rings is 1. The lowest BCUT2D eigenvalue weighted by Gasteiger charge is -2.17. The minimum atomic E-state index is -0.423. The van der Waals surface area contributed by atoms with E-state index in [0.717, 1.165) is 12.0 Å². The molecule has 0 aliphatic carbocycles. The average molecular weight is 332 g/mol. The zero-order valence-electron chi connectivity index (χ0n) is 13.6. The maximum atomic E-state index is 10.8. The minimum absolute atomic E-state index is 0.00935. The fourth-order valence-electron chi connectivity index (χ4n) is 2.09. The molecule has 0 amide bonds. The second-order valence-corrected chi connectivity index (χ2v) is 5.26. The number of nitrogens with zero attached hydrogens (tertiary/aromatic N) is 4. The largest absolute Gasteiger partial charge is 0.375 e. The molecule has 3 N–H and O–H groups in total. The molecule has 2 aromatic rings. The van der Waals surface area contributed by atoms with Crippen molar-refractivity contribution >= 4 is 17.6 Å². The van der Waals surface area contributed by atoms with Crippen molar-refractivity contribution in [1.82, 2.24) is 15.0 Å². The number of anilines is 2. The van der Waals surface area contributed by atoms with Crippen LogP contribution in [0.5, 0.6) is 0 Å². The van der Waals surface area contributed by atoms with E-state index in [-0.39, 0.29) is 24.3 Å². The SMILES string of the molecule is CCC(COCc1cccc([N+](=O)[O-])c1)Nc1nc(C)nc(N)n1. The second-order valence-electron chi connectivity index (χ2n) is 5.26. The Bertz CT molecular complexity index is 689. The van der Waals surface area contributed by atoms with Gasteiger partial charge in [0.25, 0.3) is 5.69 Å². The van der Waals surface area contributed by atoms with E-state index >= 15 is 0 Å². The molecule has 2 rings (SSSR count). The molecular weight excluding hydrogens is 312 g/mol. The molecule has 0 saturated heterocycles. The molecule has 0 fully saturated rings. The van der Waals surface area contributed by atoms with Crippen LogP contribution in [0, 0.1) is 17.0 Å². The van der Waals surface area contributed by atoms with E-state index < -0.39 is 4.92 Å². The Morgan fingerprint density at radius 1 is 1.38 bits per heavy atom. The topological polar surface area (TPSA) is 129 Å². The van der Waals surface area contributed by atoms with E-state index in [0.29, 0.717) is 18.4 Å². The first-order chi connectivity index (χ1) is 11.5. The van der Waals surface area contributed by atoms with Crippen molar-refractivity contribution in [3.63, 3.8) is 0 Å². The van der Waals surface area contributed by atoms with Gasteiger partial charge in [-0.25, -0.2) is 0 Å². The number of nitrogens with two attached hydrogens (primary N) is 1. The molecule has 1 heterocycles. The third-order valence-corrected chi connectivity index (χ3v) is 3.30. The van der Waals surface area contributed by atoms with Gasteiger partial charge in [-0.1, -0.05) is 19.1 Å². The molecule has 24 heavy (non-hydrogen) atoms. The van der Waals surface area contributed by atoms with Crippen molar-refractivity contribution in [3.05, 3.63) is 45.8 Å². The summed E-state index contributed by atoms with van der Waals surface area (Å²) in [4.78, 5) is 22.5. The third kappa shape index (κ3) is 5.13. The van der Waals surface area contributed by atoms with Gasteiger partial charge < -0.3 is 15.8 Å². The Hall–Kier alpha value is -2.81. The molecule has 1 aromatic carbocycles. The van der Waals surface area contributed by atoms with Gasteiger partial charge in [0.15, 0.2) is 0 Å². The first-order valence-electron chi connectivity index (χ1n) is 7.53. The number of nitrogen functional groups attached to an aromatic ring is 1. The van der Waals surface area contributed by atoms with Gasteiger partial charge in [0, 0.05) is 12.1 Å². The number of ether oxygens (including phenoxy) is 1. The van der Waals surface area contributed by atoms with Crippen molar-refractivity contribution in [2.45, 2.75) is 32.9 Å². The molecule has 0 radical (unpaired) electrons. The van der Waals surface area contributed by atoms with Crippen LogP contribution in [0.3, 0.4) is 0 Å². The number of nitrogens with one attached hydrogen (secondary N) is 1. The minimum Gasteiger partial charge on any atom is -0.375 e. The number of aryl methyl sites for hydroxylation is 1. The first kappa shape index (κ1) is 17.5. The van der Waals surface area contributed by atoms with Crippen LogP contribution in [0.2, 0.25) is 0 Å². The monoisotopic (exact) mass is 332 g/mol. The highest BCUT2D eigenvalue weighted by atomic mass is 16.6. The zero-order valence-corrected chi connectivity index (χ0v) is 13.6. The van der Waals surface area contributed by atoms with Crippen LogP contribution < -0.4 is 11.1 Å². The highest BCUT2D eigenvalue weighted by molar-refractivity contribution is 5.34. The van der Waals surface area contributed by atoms with Crippen LogP contribution in [-0.2, 0) is 11.3 Å². The van der Waals surface area contributed by atoms with Crippen LogP contribution in [0.1, 0.15) is 24.7 Å². The van der Waals surface area contributed by atoms with Gasteiger partial charge in [-0.15, -0.1) is 0 Å². The number of rotatable bonds is 8. The van der Waals surface area contributed by atoms with Crippen LogP contribution >= 0.6 is 0 Å². The third-order valence-electron chi connectivity index (χ3n) is 3.30. The lowest BCUT2D eigenvalue weighted by Crippen LogP contribution is -2.26. The molecule has 128 valence electrons. The summed E-state index contributed by atoms with van der Waals surface area (Å²) in [6.45, 7) is 4.44. The van der Waals surface area contributed by atoms with Gasteiger partial charge in [0.2, 0.25) is 11.9 Å². The Morgan fingerprint density at radius 3 is 2.83 bits per heavy atom. The highest BCUT2D eigenvalue weighted by Gasteiger charge is 2.11. The maximum Gasteiger partial charge on any atom is 0.269 e. The number of nitro benzene ring substituents is 1. The Labute approximate surface area is 139 Å². The molecule has 9 heteroatoms. The molecule has 1 unspecified atom stereocenters. The number of non-ortho nitro benzene ring substituents is 1. The molecule has 1 atom stereocenters. The van der Waals surface area contributed by atoms with Gasteiger partial charge in [-0.2, -0.15) is 15.0 Å². The summed E-state index contributed by atoms with van der Waals surface area (Å²) < 4.78 is 5.65. The van der Waals surface area contributed by atoms with Crippen LogP contribution in [0.25, 0.3) is 0 Å². The van der Waals surface area contributed by atoms with Gasteiger partial charge in [-0.3, -0.25) is 10.1 Å². The van der Waals surface area contributed by atoms with Crippen LogP contribution in [0.4, 0.5) is 17.6 Å². The van der Waals surface area contributed by atoms with Crippen molar-refractivity contribution < 1.29 is 9.66 Å². The molecule has 0 spiro atoms. The van der Waals surface area contributed by atoms with E-state index in [1.807, 2.05) is 6.92 Å². The highest BCUT2D eigenvalue weighted by Crippen LogP contribution is 2.14. The van der Waals surface area contributed by atoms with E-state index in [1.165, 1.54) is 12.1 Å². The fourth-order valence-corrected chi connectivity index (χ4v) is 2.09. The van der Waals surface area contributed by atoms with Crippen LogP contribution in [0.15, 0.2) is 24.3 Å². The summed E-state index contributed by atoms with van der Waals surface area (Å²) in [7, 11) is 0. The average Bonchev–Trinajstić information content (AvgIpc) is 2.53. The first-order valence-corrected chi connectivity index (χ1v) is 7.53. The van der Waals surface area contributed by atoms with E-state index in [9.17, 15) is 10.1 Å². The van der Waals surface area contributed by atoms with E-state index in [2.05, 4.69) is 20.3 Å². The summed E-state index contributed by atoms with van der Waals surface area (Å²) in [6, 6.07) is 6.38. The second kappa shape index (κ2) is 8.16. The molecule has 1 aromatic heterocycles. The predicted octanol–water partition coefficient (Wildman–Crippen LogP) is 2.08. The number of nitro groups is 1. The number of hydrogen-bond donors (Lipinski definition) is 2. The van der Waals surface area contributed by atoms with Crippen molar-refractivity contribution in [2.24, 2.45) is 0 Å². The smallest absolute Gasteiger partial charge is 0.269 e. The summed E-state index contributed by atoms with van der Waals surface area (Å²) in [5, 5.41) is 13.9. The molecular formula is C15H20N6O3. The van der Waals surface area contributed by atoms with E-state index in [4.69, 9.17) is 10.5 Å². The van der Waals surface area contributed by atoms with Gasteiger partial charge in [-0.05, 0) is 18.9 Å². The predicted molar refractivity (Wildman–Crippen MR) is 89.4 cm³/mol. The Balaban J connectivity index is 1.89. The van der Waals surface area contributed by atoms with Crippen molar-refractivity contribution in [1.29, 1.82) is 0 Å². The molecule has 9 nitrogen and oxygen atoms in total. The van der Waals surface area contributed by atoms with E-state index in [1.54, 1.807) is 19.1 Å². The zero-order chi connectivity index (χ0) is 17.5. The van der Waals surface area contributed by atoms with Crippen molar-refractivity contribution in [2.75, 3.05) is 17.7 Å². The maximum absolute atomic E-state index is 10.8. The normalized spacial score (nSPS) is 11.9. The Morgan fingerprint density at radius 2 is 2.17 bits per heavy atom. The quantitative estimate of drug-likeness (QED) is 0.555. The van der Waals surface area contributed by atoms with Crippen LogP contribution in [-0.4, -0.2) is 32.5 Å². The standard InChI is InChI=1S/C15H20N6O3/c1-3-12(19-15-18-10(2)17-14(16)20-15)9-24-8-11-5-4-6-13(7-11)21(22)23/h4-7,12H,3,8-9H2,1-2H3,(H3,16,17,18,19,20). The van der Waals surface area contributed by atoms with Gasteiger partial charge in [0.1, 0.15) is 5.82 Å². The molecule has 0 bridgehead atoms. The van der Waals surface area contributed by atoms with Gasteiger partial charge in [0.05, 0.1) is 24.2 Å². The summed E-state index contributed by atoms with van der Waals surface area (Å²) in [5.74, 6) is 1.11. The fraction of sp³-hybridized carbons (Fsp3) is 0.400. The Kier molecular flexibility index (Phi) is 5.96. The van der Waals surface area contributed by atoms with Crippen molar-refractivity contribution in [3.8, 4) is 0 Å². The lowest BCUT2D eigenvalue weighted by atomic mass is 10.2. The van der Waals surface area contributed by atoms with Gasteiger partial charge >= 0.3 is 0 Å². The lowest BCUT2D eigenvalue weighted by molar-refractivity contribution is -0.384. The summed E-state index contributed by atoms with van der Waals surface area (Å²) in [6.07, 6.45) is 0.791. The summed E-state index contributed by atoms with van der Waals surface area (Å²) >= 11 is 0. The molecule has 0 saturated carbocycles. The number of aromatic nitrogens is 3. The summed E-state index contributed by atoms with van der Waals surface area (Å²) in [5.41, 5.74) is 6.41.